The van der Waals surface area contributed by atoms with Crippen molar-refractivity contribution in [2.24, 2.45) is 18.0 Å². The summed E-state index contributed by atoms with van der Waals surface area (Å²) < 4.78 is 3.26. The lowest BCUT2D eigenvalue weighted by molar-refractivity contribution is -0.119. The normalized spacial score (nSPS) is 16.0. The van der Waals surface area contributed by atoms with Gasteiger partial charge in [0, 0.05) is 13.0 Å². The van der Waals surface area contributed by atoms with E-state index in [1.54, 1.807) is 11.3 Å². The van der Waals surface area contributed by atoms with E-state index < -0.39 is 0 Å². The van der Waals surface area contributed by atoms with Crippen molar-refractivity contribution in [3.8, 4) is 0 Å². The average Bonchev–Trinajstić information content (AvgIpc) is 3.24. The van der Waals surface area contributed by atoms with Crippen LogP contribution in [-0.2, 0) is 18.3 Å². The van der Waals surface area contributed by atoms with Crippen LogP contribution in [0, 0.1) is 5.92 Å². The molecule has 4 heteroatoms. The molecule has 20 heavy (non-hydrogen) atoms. The topological polar surface area (TPSA) is 34.4 Å². The lowest BCUT2D eigenvalue weighted by Gasteiger charge is -2.00. The smallest absolute Gasteiger partial charge is 0.251 e. The van der Waals surface area contributed by atoms with Gasteiger partial charge in [-0.25, -0.2) is 0 Å². The van der Waals surface area contributed by atoms with Gasteiger partial charge in [-0.15, -0.1) is 0 Å². The summed E-state index contributed by atoms with van der Waals surface area (Å²) in [5.41, 5.74) is 2.54. The fourth-order valence-electron chi connectivity index (χ4n) is 2.34. The van der Waals surface area contributed by atoms with Crippen LogP contribution in [0.1, 0.15) is 38.2 Å². The van der Waals surface area contributed by atoms with E-state index in [4.69, 9.17) is 0 Å². The molecule has 1 fully saturated rings. The first-order chi connectivity index (χ1) is 9.69. The highest BCUT2D eigenvalue weighted by atomic mass is 32.1. The summed E-state index contributed by atoms with van der Waals surface area (Å²) in [7, 11) is 1.99. The van der Waals surface area contributed by atoms with Gasteiger partial charge < -0.3 is 4.57 Å². The van der Waals surface area contributed by atoms with Gasteiger partial charge in [-0.1, -0.05) is 30.7 Å². The number of benzene rings is 1. The number of aromatic nitrogens is 1. The summed E-state index contributed by atoms with van der Waals surface area (Å²) >= 11 is 1.62. The second-order valence-electron chi connectivity index (χ2n) is 5.57. The van der Waals surface area contributed by atoms with Crippen LogP contribution in [-0.4, -0.2) is 10.5 Å². The highest BCUT2D eigenvalue weighted by Crippen LogP contribution is 2.30. The number of thiazole rings is 1. The molecule has 1 amide bonds. The molecule has 0 spiro atoms. The Balaban J connectivity index is 1.98. The third-order valence-corrected chi connectivity index (χ3v) is 4.92. The standard InChI is InChI=1S/C16H20N2OS/c1-3-4-5-11-6-9-13-14(10-11)20-16(18(13)2)17-15(19)12-7-8-12/h6,9-10,12H,3-5,7-8H2,1-2H3. The number of hydrogen-bond donors (Lipinski definition) is 0. The van der Waals surface area contributed by atoms with Crippen LogP contribution in [0.15, 0.2) is 23.2 Å². The summed E-state index contributed by atoms with van der Waals surface area (Å²) in [6.45, 7) is 2.21. The molecule has 1 aromatic heterocycles. The molecule has 0 aliphatic heterocycles. The van der Waals surface area contributed by atoms with E-state index >= 15 is 0 Å². The molecule has 1 aliphatic carbocycles. The third kappa shape index (κ3) is 2.70. The Morgan fingerprint density at radius 2 is 2.25 bits per heavy atom. The van der Waals surface area contributed by atoms with E-state index in [0.717, 1.165) is 29.6 Å². The Morgan fingerprint density at radius 1 is 1.45 bits per heavy atom. The van der Waals surface area contributed by atoms with E-state index in [-0.39, 0.29) is 11.8 Å². The summed E-state index contributed by atoms with van der Waals surface area (Å²) in [6, 6.07) is 6.59. The molecule has 1 heterocycles. The lowest BCUT2D eigenvalue weighted by Crippen LogP contribution is -2.13. The summed E-state index contributed by atoms with van der Waals surface area (Å²) in [6.07, 6.45) is 5.59. The van der Waals surface area contributed by atoms with Crippen molar-refractivity contribution in [1.82, 2.24) is 4.57 Å². The van der Waals surface area contributed by atoms with Crippen LogP contribution in [0.3, 0.4) is 0 Å². The first kappa shape index (κ1) is 13.6. The molecule has 1 saturated carbocycles. The number of carbonyl (C=O) groups excluding carboxylic acids is 1. The van der Waals surface area contributed by atoms with Crippen LogP contribution < -0.4 is 4.80 Å². The van der Waals surface area contributed by atoms with Gasteiger partial charge in [0.15, 0.2) is 4.80 Å². The Morgan fingerprint density at radius 3 is 2.95 bits per heavy atom. The fraction of sp³-hybridized carbons (Fsp3) is 0.500. The van der Waals surface area contributed by atoms with Gasteiger partial charge in [0.2, 0.25) is 0 Å². The maximum atomic E-state index is 11.8. The van der Waals surface area contributed by atoms with Crippen molar-refractivity contribution in [2.45, 2.75) is 39.0 Å². The van der Waals surface area contributed by atoms with Crippen molar-refractivity contribution in [2.75, 3.05) is 0 Å². The highest BCUT2D eigenvalue weighted by molar-refractivity contribution is 7.16. The first-order valence-electron chi connectivity index (χ1n) is 7.36. The van der Waals surface area contributed by atoms with Gasteiger partial charge in [0.1, 0.15) is 0 Å². The molecule has 0 atom stereocenters. The maximum Gasteiger partial charge on any atom is 0.251 e. The number of fused-ring (bicyclic) bond motifs is 1. The Hall–Kier alpha value is -1.42. The van der Waals surface area contributed by atoms with Gasteiger partial charge in [0.25, 0.3) is 5.91 Å². The van der Waals surface area contributed by atoms with Crippen molar-refractivity contribution < 1.29 is 4.79 Å². The molecule has 2 aromatic rings. The fourth-order valence-corrected chi connectivity index (χ4v) is 3.42. The van der Waals surface area contributed by atoms with E-state index in [0.29, 0.717) is 0 Å². The van der Waals surface area contributed by atoms with Crippen LogP contribution in [0.2, 0.25) is 0 Å². The SMILES string of the molecule is CCCCc1ccc2c(c1)sc(=NC(=O)C1CC1)n2C. The van der Waals surface area contributed by atoms with Crippen molar-refractivity contribution in [3.05, 3.63) is 28.6 Å². The predicted octanol–water partition coefficient (Wildman–Crippen LogP) is 3.42. The minimum absolute atomic E-state index is 0.0540. The molecule has 0 saturated heterocycles. The van der Waals surface area contributed by atoms with Gasteiger partial charge in [-0.2, -0.15) is 4.99 Å². The zero-order valence-corrected chi connectivity index (χ0v) is 12.9. The first-order valence-corrected chi connectivity index (χ1v) is 8.17. The monoisotopic (exact) mass is 288 g/mol. The second kappa shape index (κ2) is 5.52. The Labute approximate surface area is 123 Å². The Kier molecular flexibility index (Phi) is 3.74. The quantitative estimate of drug-likeness (QED) is 0.849. The minimum Gasteiger partial charge on any atom is -0.319 e. The number of rotatable bonds is 4. The van der Waals surface area contributed by atoms with Gasteiger partial charge in [-0.05, 0) is 43.4 Å². The van der Waals surface area contributed by atoms with Gasteiger partial charge >= 0.3 is 0 Å². The molecule has 3 nitrogen and oxygen atoms in total. The second-order valence-corrected chi connectivity index (χ2v) is 6.58. The van der Waals surface area contributed by atoms with E-state index in [2.05, 4.69) is 30.1 Å². The predicted molar refractivity (Wildman–Crippen MR) is 82.7 cm³/mol. The van der Waals surface area contributed by atoms with E-state index in [1.165, 1.54) is 23.1 Å². The molecule has 0 N–H and O–H groups in total. The molecule has 106 valence electrons. The van der Waals surface area contributed by atoms with E-state index in [1.807, 2.05) is 11.6 Å². The molecule has 1 aromatic carbocycles. The number of unbranched alkanes of at least 4 members (excludes halogenated alkanes) is 1. The largest absolute Gasteiger partial charge is 0.319 e. The van der Waals surface area contributed by atoms with Crippen molar-refractivity contribution in [1.29, 1.82) is 0 Å². The zero-order valence-electron chi connectivity index (χ0n) is 12.1. The zero-order chi connectivity index (χ0) is 14.1. The number of aryl methyl sites for hydroxylation is 2. The molecular formula is C16H20N2OS. The maximum absolute atomic E-state index is 11.8. The van der Waals surface area contributed by atoms with Crippen LogP contribution >= 0.6 is 11.3 Å². The van der Waals surface area contributed by atoms with E-state index in [9.17, 15) is 4.79 Å². The third-order valence-electron chi connectivity index (χ3n) is 3.83. The molecular weight excluding hydrogens is 268 g/mol. The number of amides is 1. The van der Waals surface area contributed by atoms with Crippen molar-refractivity contribution in [3.63, 3.8) is 0 Å². The molecule has 0 unspecified atom stereocenters. The number of carbonyl (C=O) groups is 1. The summed E-state index contributed by atoms with van der Waals surface area (Å²) in [4.78, 5) is 17.0. The Bertz CT molecular complexity index is 707. The van der Waals surface area contributed by atoms with Crippen LogP contribution in [0.4, 0.5) is 0 Å². The summed E-state index contributed by atoms with van der Waals surface area (Å²) in [5, 5.41) is 0. The molecule has 1 aliphatic rings. The minimum atomic E-state index is 0.0540. The number of hydrogen-bond acceptors (Lipinski definition) is 2. The molecule has 0 bridgehead atoms. The molecule has 3 rings (SSSR count). The summed E-state index contributed by atoms with van der Waals surface area (Å²) in [5.74, 6) is 0.249. The van der Waals surface area contributed by atoms with Gasteiger partial charge in [-0.3, -0.25) is 4.79 Å². The lowest BCUT2D eigenvalue weighted by atomic mass is 10.1. The van der Waals surface area contributed by atoms with Crippen LogP contribution in [0.25, 0.3) is 10.2 Å². The highest BCUT2D eigenvalue weighted by Gasteiger charge is 2.29. The average molecular weight is 288 g/mol. The van der Waals surface area contributed by atoms with Gasteiger partial charge in [0.05, 0.1) is 10.2 Å². The molecule has 0 radical (unpaired) electrons. The van der Waals surface area contributed by atoms with Crippen LogP contribution in [0.5, 0.6) is 0 Å². The van der Waals surface area contributed by atoms with Crippen molar-refractivity contribution >= 4 is 27.5 Å². The number of nitrogens with zero attached hydrogens (tertiary/aromatic N) is 2.